The maximum absolute atomic E-state index is 12.8. The number of hydrogen-bond donors (Lipinski definition) is 2. The second-order valence-electron chi connectivity index (χ2n) is 6.95. The lowest BCUT2D eigenvalue weighted by Crippen LogP contribution is -2.23. The first-order valence-electron chi connectivity index (χ1n) is 10.0. The molecule has 0 saturated carbocycles. The first-order valence-corrected chi connectivity index (χ1v) is 11.5. The third kappa shape index (κ3) is 5.92. The molecule has 2 N–H and O–H groups in total. The fourth-order valence-electron chi connectivity index (χ4n) is 3.02. The summed E-state index contributed by atoms with van der Waals surface area (Å²) in [5, 5.41) is 2.65. The Balaban J connectivity index is 1.69. The quantitative estimate of drug-likeness (QED) is 0.457. The van der Waals surface area contributed by atoms with Crippen LogP contribution in [0.4, 0.5) is 5.69 Å². The minimum Gasteiger partial charge on any atom is -0.494 e. The topological polar surface area (TPSA) is 124 Å². The Morgan fingerprint density at radius 2 is 1.79 bits per heavy atom. The van der Waals surface area contributed by atoms with Crippen molar-refractivity contribution in [3.8, 4) is 5.75 Å². The normalized spacial score (nSPS) is 11.0. The van der Waals surface area contributed by atoms with E-state index in [1.165, 1.54) is 37.4 Å². The fourth-order valence-corrected chi connectivity index (χ4v) is 4.12. The van der Waals surface area contributed by atoms with Gasteiger partial charge in [-0.25, -0.2) is 13.2 Å². The Morgan fingerprint density at radius 1 is 1.06 bits per heavy atom. The zero-order valence-corrected chi connectivity index (χ0v) is 19.2. The van der Waals surface area contributed by atoms with Crippen molar-refractivity contribution in [1.82, 2.24) is 5.32 Å². The predicted octanol–water partition coefficient (Wildman–Crippen LogP) is 3.50. The average Bonchev–Trinajstić information content (AvgIpc) is 3.18. The molecule has 9 nitrogen and oxygen atoms in total. The Hall–Kier alpha value is -3.79. The first kappa shape index (κ1) is 23.9. The van der Waals surface area contributed by atoms with Crippen LogP contribution < -0.4 is 14.8 Å². The number of hydrogen-bond acceptors (Lipinski definition) is 7. The van der Waals surface area contributed by atoms with Crippen molar-refractivity contribution in [1.29, 1.82) is 0 Å². The number of amides is 1. The van der Waals surface area contributed by atoms with Crippen LogP contribution in [0.15, 0.2) is 63.9 Å². The molecule has 0 atom stereocenters. The van der Waals surface area contributed by atoms with Gasteiger partial charge in [0.25, 0.3) is 15.9 Å². The lowest BCUT2D eigenvalue weighted by atomic mass is 10.2. The zero-order valence-electron chi connectivity index (χ0n) is 18.4. The first-order chi connectivity index (χ1) is 15.7. The van der Waals surface area contributed by atoms with Gasteiger partial charge in [-0.3, -0.25) is 9.52 Å². The third-order valence-corrected chi connectivity index (χ3v) is 6.00. The molecule has 3 rings (SSSR count). The van der Waals surface area contributed by atoms with Crippen molar-refractivity contribution in [2.75, 3.05) is 18.4 Å². The number of aryl methyl sites for hydroxylation is 1. The van der Waals surface area contributed by atoms with Gasteiger partial charge in [-0.05, 0) is 62.4 Å². The van der Waals surface area contributed by atoms with E-state index in [4.69, 9.17) is 9.15 Å². The Bertz CT molecular complexity index is 1250. The summed E-state index contributed by atoms with van der Waals surface area (Å²) in [7, 11) is -2.65. The summed E-state index contributed by atoms with van der Waals surface area (Å²) in [6.45, 7) is 3.99. The summed E-state index contributed by atoms with van der Waals surface area (Å²) < 4.78 is 43.5. The van der Waals surface area contributed by atoms with Crippen molar-refractivity contribution >= 4 is 27.6 Å². The third-order valence-electron chi connectivity index (χ3n) is 4.62. The molecular formula is C23H24N2O7S. The second-order valence-corrected chi connectivity index (χ2v) is 8.63. The van der Waals surface area contributed by atoms with E-state index in [2.05, 4.69) is 14.8 Å². The number of benzene rings is 2. The molecule has 0 aliphatic carbocycles. The van der Waals surface area contributed by atoms with Crippen LogP contribution in [0.2, 0.25) is 0 Å². The average molecular weight is 473 g/mol. The van der Waals surface area contributed by atoms with Gasteiger partial charge in [0.05, 0.1) is 25.2 Å². The predicted molar refractivity (Wildman–Crippen MR) is 121 cm³/mol. The summed E-state index contributed by atoms with van der Waals surface area (Å²) in [5.74, 6) is 0.333. The highest BCUT2D eigenvalue weighted by Gasteiger charge is 2.18. The van der Waals surface area contributed by atoms with Crippen molar-refractivity contribution in [3.05, 3.63) is 77.2 Å². The largest absolute Gasteiger partial charge is 0.494 e. The van der Waals surface area contributed by atoms with Crippen LogP contribution in [0.3, 0.4) is 0 Å². The Morgan fingerprint density at radius 3 is 2.45 bits per heavy atom. The number of carbonyl (C=O) groups excluding carboxylic acids is 2. The van der Waals surface area contributed by atoms with E-state index in [1.54, 1.807) is 31.2 Å². The maximum Gasteiger partial charge on any atom is 0.341 e. The van der Waals surface area contributed by atoms with Crippen LogP contribution in [-0.2, 0) is 21.3 Å². The molecule has 1 heterocycles. The number of sulfonamides is 1. The summed E-state index contributed by atoms with van der Waals surface area (Å²) >= 11 is 0. The Kier molecular flexibility index (Phi) is 7.39. The molecule has 174 valence electrons. The summed E-state index contributed by atoms with van der Waals surface area (Å²) in [6, 6.07) is 13.6. The molecular weight excluding hydrogens is 448 g/mol. The Labute approximate surface area is 191 Å². The van der Waals surface area contributed by atoms with E-state index in [0.717, 1.165) is 0 Å². The molecule has 0 fully saturated rings. The van der Waals surface area contributed by atoms with Crippen molar-refractivity contribution in [2.24, 2.45) is 0 Å². The number of ether oxygens (including phenoxy) is 2. The van der Waals surface area contributed by atoms with Crippen LogP contribution in [0.25, 0.3) is 0 Å². The van der Waals surface area contributed by atoms with Crippen molar-refractivity contribution in [3.63, 3.8) is 0 Å². The second kappa shape index (κ2) is 10.2. The number of methoxy groups -OCH3 is 1. The van der Waals surface area contributed by atoms with Gasteiger partial charge in [0.2, 0.25) is 0 Å². The lowest BCUT2D eigenvalue weighted by molar-refractivity contribution is 0.0598. The van der Waals surface area contributed by atoms with Gasteiger partial charge in [0.1, 0.15) is 22.8 Å². The fraction of sp³-hybridized carbons (Fsp3) is 0.217. The molecule has 0 bridgehead atoms. The highest BCUT2D eigenvalue weighted by atomic mass is 32.2. The van der Waals surface area contributed by atoms with Gasteiger partial charge >= 0.3 is 5.97 Å². The van der Waals surface area contributed by atoms with Crippen molar-refractivity contribution < 1.29 is 31.9 Å². The molecule has 2 aromatic carbocycles. The van der Waals surface area contributed by atoms with E-state index in [-0.39, 0.29) is 22.6 Å². The van der Waals surface area contributed by atoms with E-state index >= 15 is 0 Å². The van der Waals surface area contributed by atoms with Gasteiger partial charge < -0.3 is 19.2 Å². The van der Waals surface area contributed by atoms with Gasteiger partial charge in [0, 0.05) is 11.3 Å². The summed E-state index contributed by atoms with van der Waals surface area (Å²) in [6.07, 6.45) is 0. The number of anilines is 1. The molecule has 33 heavy (non-hydrogen) atoms. The number of nitrogens with one attached hydrogen (secondary N) is 2. The molecule has 1 aromatic heterocycles. The molecule has 1 amide bonds. The minimum atomic E-state index is -3.92. The minimum absolute atomic E-state index is 0.0120. The molecule has 10 heteroatoms. The molecule has 3 aromatic rings. The zero-order chi connectivity index (χ0) is 24.0. The van der Waals surface area contributed by atoms with Gasteiger partial charge in [0.15, 0.2) is 0 Å². The molecule has 0 spiro atoms. The smallest absolute Gasteiger partial charge is 0.341 e. The number of esters is 1. The summed E-state index contributed by atoms with van der Waals surface area (Å²) in [4.78, 5) is 24.2. The number of furan rings is 1. The van der Waals surface area contributed by atoms with Gasteiger partial charge in [-0.15, -0.1) is 0 Å². The highest BCUT2D eigenvalue weighted by molar-refractivity contribution is 7.92. The van der Waals surface area contributed by atoms with E-state index < -0.39 is 21.9 Å². The lowest BCUT2D eigenvalue weighted by Gasteiger charge is -2.10. The monoisotopic (exact) mass is 472 g/mol. The standard InChI is InChI=1S/C23H24N2O7S/c1-4-31-18-10-8-17(9-11-18)25-33(28,29)20-7-5-6-16(12-20)22(26)24-14-19-13-21(15(2)32-19)23(27)30-3/h5-13,25H,4,14H2,1-3H3,(H,24,26). The number of carbonyl (C=O) groups is 2. The molecule has 0 unspecified atom stereocenters. The van der Waals surface area contributed by atoms with E-state index in [9.17, 15) is 18.0 Å². The maximum atomic E-state index is 12.8. The number of rotatable bonds is 9. The van der Waals surface area contributed by atoms with Crippen LogP contribution in [0.5, 0.6) is 5.75 Å². The van der Waals surface area contributed by atoms with Crippen LogP contribution in [-0.4, -0.2) is 34.0 Å². The van der Waals surface area contributed by atoms with Crippen LogP contribution in [0.1, 0.15) is 39.2 Å². The van der Waals surface area contributed by atoms with Gasteiger partial charge in [-0.1, -0.05) is 6.07 Å². The SMILES string of the molecule is CCOc1ccc(NS(=O)(=O)c2cccc(C(=O)NCc3cc(C(=O)OC)c(C)o3)c2)cc1. The summed E-state index contributed by atoms with van der Waals surface area (Å²) in [5.41, 5.74) is 0.791. The molecule has 0 aliphatic heterocycles. The van der Waals surface area contributed by atoms with E-state index in [0.29, 0.717) is 29.6 Å². The highest BCUT2D eigenvalue weighted by Crippen LogP contribution is 2.21. The molecule has 0 aliphatic rings. The molecule has 0 radical (unpaired) electrons. The van der Waals surface area contributed by atoms with E-state index in [1.807, 2.05) is 6.92 Å². The molecule has 0 saturated heterocycles. The van der Waals surface area contributed by atoms with Gasteiger partial charge in [-0.2, -0.15) is 0 Å². The van der Waals surface area contributed by atoms with Crippen LogP contribution >= 0.6 is 0 Å². The van der Waals surface area contributed by atoms with Crippen molar-refractivity contribution in [2.45, 2.75) is 25.3 Å². The van der Waals surface area contributed by atoms with Crippen LogP contribution in [0, 0.1) is 6.92 Å².